The Morgan fingerprint density at radius 3 is 2.12 bits per heavy atom. The summed E-state index contributed by atoms with van der Waals surface area (Å²) in [6.45, 7) is 19.3. The number of hydrogen-bond acceptors (Lipinski definition) is 3. The highest BCUT2D eigenvalue weighted by Gasteiger charge is 2.41. The van der Waals surface area contributed by atoms with Crippen LogP contribution in [0.25, 0.3) is 0 Å². The molecule has 0 amide bonds. The van der Waals surface area contributed by atoms with Crippen LogP contribution in [0.1, 0.15) is 61.3 Å². The zero-order chi connectivity index (χ0) is 20.0. The number of carbonyl (C=O) groups is 1. The van der Waals surface area contributed by atoms with Crippen molar-refractivity contribution in [3.8, 4) is 0 Å². The highest BCUT2D eigenvalue weighted by Crippen LogP contribution is 2.39. The van der Waals surface area contributed by atoms with E-state index in [4.69, 9.17) is 14.3 Å². The van der Waals surface area contributed by atoms with Gasteiger partial charge in [-0.05, 0) is 37.4 Å². The molecule has 0 aromatic carbocycles. The minimum absolute atomic E-state index is 0.0471. The maximum atomic E-state index is 11.1. The van der Waals surface area contributed by atoms with E-state index in [9.17, 15) is 4.79 Å². The standard InChI is InChI=1S/C20H40O4Si/c1-11-14(2)18(23-8)16(4)17(13-12-15(3)19(21)22)24-25(9,10)20(5,6)7/h12,14,16-18H,11,13H2,1-10H3,(H,21,22)/b15-12+/t14-,16-,17-,18+/m0/s1. The Morgan fingerprint density at radius 1 is 1.24 bits per heavy atom. The van der Waals surface area contributed by atoms with Crippen LogP contribution in [0.15, 0.2) is 11.6 Å². The van der Waals surface area contributed by atoms with Gasteiger partial charge in [0.1, 0.15) is 0 Å². The molecular formula is C20H40O4Si. The largest absolute Gasteiger partial charge is 0.478 e. The Balaban J connectivity index is 5.59. The van der Waals surface area contributed by atoms with Crippen molar-refractivity contribution in [3.63, 3.8) is 0 Å². The molecule has 0 aromatic rings. The van der Waals surface area contributed by atoms with E-state index >= 15 is 0 Å². The first kappa shape index (κ1) is 24.3. The molecule has 25 heavy (non-hydrogen) atoms. The molecule has 0 fully saturated rings. The van der Waals surface area contributed by atoms with Crippen LogP contribution in [0.3, 0.4) is 0 Å². The third kappa shape index (κ3) is 7.23. The molecule has 0 aliphatic carbocycles. The number of rotatable bonds is 10. The Hall–Kier alpha value is -0.653. The van der Waals surface area contributed by atoms with Crippen molar-refractivity contribution < 1.29 is 19.1 Å². The minimum atomic E-state index is -1.97. The topological polar surface area (TPSA) is 55.8 Å². The van der Waals surface area contributed by atoms with E-state index in [2.05, 4.69) is 54.6 Å². The molecule has 5 heteroatoms. The monoisotopic (exact) mass is 372 g/mol. The second-order valence-corrected chi connectivity index (χ2v) is 13.5. The zero-order valence-corrected chi connectivity index (χ0v) is 19.0. The van der Waals surface area contributed by atoms with Crippen LogP contribution in [0, 0.1) is 11.8 Å². The molecule has 0 heterocycles. The van der Waals surface area contributed by atoms with E-state index in [0.717, 1.165) is 6.42 Å². The molecular weight excluding hydrogens is 332 g/mol. The predicted octanol–water partition coefficient (Wildman–Crippen LogP) is 5.50. The number of ether oxygens (including phenoxy) is 1. The minimum Gasteiger partial charge on any atom is -0.478 e. The Kier molecular flexibility index (Phi) is 9.62. The summed E-state index contributed by atoms with van der Waals surface area (Å²) in [5.74, 6) is -0.258. The van der Waals surface area contributed by atoms with E-state index in [0.29, 0.717) is 17.9 Å². The van der Waals surface area contributed by atoms with Gasteiger partial charge in [0.05, 0.1) is 12.2 Å². The first-order valence-electron chi connectivity index (χ1n) is 9.39. The predicted molar refractivity (Wildman–Crippen MR) is 107 cm³/mol. The molecule has 0 rings (SSSR count). The molecule has 4 nitrogen and oxygen atoms in total. The molecule has 0 aliphatic rings. The van der Waals surface area contributed by atoms with Crippen molar-refractivity contribution in [2.24, 2.45) is 11.8 Å². The fraction of sp³-hybridized carbons (Fsp3) is 0.850. The van der Waals surface area contributed by atoms with Gasteiger partial charge in [-0.1, -0.05) is 54.0 Å². The van der Waals surface area contributed by atoms with Gasteiger partial charge in [0.15, 0.2) is 8.32 Å². The van der Waals surface area contributed by atoms with Gasteiger partial charge < -0.3 is 14.3 Å². The summed E-state index contributed by atoms with van der Waals surface area (Å²) in [5, 5.41) is 9.26. The maximum Gasteiger partial charge on any atom is 0.330 e. The SMILES string of the molecule is CC[C@H](C)[C@@H](OC)[C@@H](C)[C@H](C/C=C(\C)C(=O)O)O[Si](C)(C)C(C)(C)C. The highest BCUT2D eigenvalue weighted by molar-refractivity contribution is 6.74. The van der Waals surface area contributed by atoms with E-state index in [1.165, 1.54) is 0 Å². The van der Waals surface area contributed by atoms with Gasteiger partial charge in [-0.25, -0.2) is 4.79 Å². The second kappa shape index (κ2) is 9.88. The molecule has 148 valence electrons. The molecule has 4 atom stereocenters. The molecule has 1 N–H and O–H groups in total. The quantitative estimate of drug-likeness (QED) is 0.406. The van der Waals surface area contributed by atoms with Crippen LogP contribution in [0.5, 0.6) is 0 Å². The van der Waals surface area contributed by atoms with Gasteiger partial charge in [-0.3, -0.25) is 0 Å². The fourth-order valence-electron chi connectivity index (χ4n) is 2.71. The van der Waals surface area contributed by atoms with E-state index in [1.807, 2.05) is 0 Å². The van der Waals surface area contributed by atoms with Crippen molar-refractivity contribution in [1.82, 2.24) is 0 Å². The van der Waals surface area contributed by atoms with Crippen LogP contribution < -0.4 is 0 Å². The van der Waals surface area contributed by atoms with E-state index < -0.39 is 14.3 Å². The summed E-state index contributed by atoms with van der Waals surface area (Å²) in [6.07, 6.45) is 3.48. The first-order chi connectivity index (χ1) is 11.3. The maximum absolute atomic E-state index is 11.1. The van der Waals surface area contributed by atoms with Gasteiger partial charge in [0.25, 0.3) is 0 Å². The van der Waals surface area contributed by atoms with Crippen molar-refractivity contribution in [2.45, 2.75) is 91.6 Å². The summed E-state index contributed by atoms with van der Waals surface area (Å²) >= 11 is 0. The average molecular weight is 373 g/mol. The normalized spacial score (nSPS) is 18.6. The molecule has 0 bridgehead atoms. The fourth-order valence-corrected chi connectivity index (χ4v) is 4.14. The Morgan fingerprint density at radius 2 is 1.76 bits per heavy atom. The van der Waals surface area contributed by atoms with Crippen LogP contribution in [-0.4, -0.2) is 38.7 Å². The average Bonchev–Trinajstić information content (AvgIpc) is 2.49. The lowest BCUT2D eigenvalue weighted by molar-refractivity contribution is -0.132. The summed E-state index contributed by atoms with van der Waals surface area (Å²) in [5.41, 5.74) is 0.369. The summed E-state index contributed by atoms with van der Waals surface area (Å²) < 4.78 is 12.5. The van der Waals surface area contributed by atoms with Gasteiger partial charge >= 0.3 is 5.97 Å². The van der Waals surface area contributed by atoms with Crippen LogP contribution in [0.2, 0.25) is 18.1 Å². The number of carboxylic acids is 1. The molecule has 0 spiro atoms. The van der Waals surface area contributed by atoms with Crippen LogP contribution in [-0.2, 0) is 14.0 Å². The third-order valence-corrected chi connectivity index (χ3v) is 10.3. The van der Waals surface area contributed by atoms with E-state index in [1.54, 1.807) is 20.1 Å². The number of aliphatic carboxylic acids is 1. The van der Waals surface area contributed by atoms with Crippen molar-refractivity contribution in [1.29, 1.82) is 0 Å². The molecule has 0 radical (unpaired) electrons. The Labute approximate surface area is 156 Å². The number of carboxylic acid groups (broad SMARTS) is 1. The van der Waals surface area contributed by atoms with Gasteiger partial charge in [-0.15, -0.1) is 0 Å². The lowest BCUT2D eigenvalue weighted by Gasteiger charge is -2.42. The van der Waals surface area contributed by atoms with E-state index in [-0.39, 0.29) is 23.2 Å². The second-order valence-electron chi connectivity index (χ2n) is 8.79. The number of methoxy groups -OCH3 is 1. The summed E-state index contributed by atoms with van der Waals surface area (Å²) in [4.78, 5) is 11.1. The Bertz CT molecular complexity index is 451. The van der Waals surface area contributed by atoms with Crippen molar-refractivity contribution in [3.05, 3.63) is 11.6 Å². The van der Waals surface area contributed by atoms with Crippen molar-refractivity contribution in [2.75, 3.05) is 7.11 Å². The van der Waals surface area contributed by atoms with Gasteiger partial charge in [-0.2, -0.15) is 0 Å². The summed E-state index contributed by atoms with van der Waals surface area (Å²) in [7, 11) is -0.207. The number of hydrogen-bond donors (Lipinski definition) is 1. The molecule has 0 saturated heterocycles. The molecule has 0 saturated carbocycles. The summed E-state index contributed by atoms with van der Waals surface area (Å²) in [6, 6.07) is 0. The van der Waals surface area contributed by atoms with Crippen molar-refractivity contribution >= 4 is 14.3 Å². The third-order valence-electron chi connectivity index (χ3n) is 5.83. The smallest absolute Gasteiger partial charge is 0.330 e. The van der Waals surface area contributed by atoms with Gasteiger partial charge in [0, 0.05) is 18.6 Å². The highest BCUT2D eigenvalue weighted by atomic mass is 28.4. The lowest BCUT2D eigenvalue weighted by atomic mass is 9.86. The van der Waals surface area contributed by atoms with Crippen LogP contribution in [0.4, 0.5) is 0 Å². The van der Waals surface area contributed by atoms with Gasteiger partial charge in [0.2, 0.25) is 0 Å². The lowest BCUT2D eigenvalue weighted by Crippen LogP contribution is -2.48. The zero-order valence-electron chi connectivity index (χ0n) is 18.0. The molecule has 0 aromatic heterocycles. The molecule has 0 aliphatic heterocycles. The van der Waals surface area contributed by atoms with Crippen LogP contribution >= 0.6 is 0 Å². The first-order valence-corrected chi connectivity index (χ1v) is 12.3. The molecule has 0 unspecified atom stereocenters.